The second-order valence-electron chi connectivity index (χ2n) is 5.86. The first-order valence-corrected chi connectivity index (χ1v) is 8.47. The van der Waals surface area contributed by atoms with E-state index in [9.17, 15) is 9.59 Å². The third kappa shape index (κ3) is 5.44. The Morgan fingerprint density at radius 1 is 1.25 bits per heavy atom. The van der Waals surface area contributed by atoms with Crippen LogP contribution in [0.3, 0.4) is 0 Å². The zero-order valence-corrected chi connectivity index (χ0v) is 14.4. The number of rotatable bonds is 10. The van der Waals surface area contributed by atoms with Crippen LogP contribution < -0.4 is 14.8 Å². The van der Waals surface area contributed by atoms with E-state index in [0.717, 1.165) is 19.3 Å². The molecule has 1 aromatic rings. The Labute approximate surface area is 143 Å². The number of amides is 2. The Bertz CT molecular complexity index is 558. The van der Waals surface area contributed by atoms with Gasteiger partial charge < -0.3 is 19.7 Å². The summed E-state index contributed by atoms with van der Waals surface area (Å²) in [4.78, 5) is 26.0. The second kappa shape index (κ2) is 9.15. The van der Waals surface area contributed by atoms with Crippen molar-refractivity contribution in [2.24, 2.45) is 0 Å². The highest BCUT2D eigenvalue weighted by Crippen LogP contribution is 2.28. The Hall–Kier alpha value is -2.24. The summed E-state index contributed by atoms with van der Waals surface area (Å²) < 4.78 is 10.8. The van der Waals surface area contributed by atoms with Crippen LogP contribution in [0.2, 0.25) is 0 Å². The number of carbonyl (C=O) groups excluding carboxylic acids is 2. The quantitative estimate of drug-likeness (QED) is 0.710. The molecule has 0 aliphatic heterocycles. The molecule has 1 N–H and O–H groups in total. The van der Waals surface area contributed by atoms with Crippen LogP contribution in [0.5, 0.6) is 11.5 Å². The predicted octanol–water partition coefficient (Wildman–Crippen LogP) is 1.98. The van der Waals surface area contributed by atoms with Crippen molar-refractivity contribution in [1.29, 1.82) is 0 Å². The molecule has 6 nitrogen and oxygen atoms in total. The van der Waals surface area contributed by atoms with Gasteiger partial charge in [0.2, 0.25) is 5.91 Å². The molecule has 0 bridgehead atoms. The van der Waals surface area contributed by atoms with Gasteiger partial charge >= 0.3 is 0 Å². The molecule has 0 spiro atoms. The van der Waals surface area contributed by atoms with Crippen LogP contribution in [-0.4, -0.2) is 49.6 Å². The van der Waals surface area contributed by atoms with Crippen molar-refractivity contribution < 1.29 is 19.1 Å². The summed E-state index contributed by atoms with van der Waals surface area (Å²) in [6.07, 6.45) is 3.23. The summed E-state index contributed by atoms with van der Waals surface area (Å²) in [7, 11) is 1.56. The van der Waals surface area contributed by atoms with Crippen LogP contribution in [0.4, 0.5) is 0 Å². The minimum Gasteiger partial charge on any atom is -0.493 e. The van der Waals surface area contributed by atoms with E-state index >= 15 is 0 Å². The van der Waals surface area contributed by atoms with Gasteiger partial charge in [0, 0.05) is 25.6 Å². The molecular weight excluding hydrogens is 308 g/mol. The monoisotopic (exact) mass is 334 g/mol. The smallest absolute Gasteiger partial charge is 0.260 e. The van der Waals surface area contributed by atoms with Gasteiger partial charge in [-0.3, -0.25) is 9.59 Å². The lowest BCUT2D eigenvalue weighted by Crippen LogP contribution is -2.39. The number of nitrogens with one attached hydrogen (secondary N) is 1. The van der Waals surface area contributed by atoms with Crippen molar-refractivity contribution in [3.63, 3.8) is 0 Å². The van der Waals surface area contributed by atoms with Gasteiger partial charge in [-0.15, -0.1) is 0 Å². The molecule has 1 aromatic carbocycles. The summed E-state index contributed by atoms with van der Waals surface area (Å²) in [5.41, 5.74) is 0. The molecule has 132 valence electrons. The van der Waals surface area contributed by atoms with Crippen molar-refractivity contribution in [2.75, 3.05) is 26.8 Å². The zero-order chi connectivity index (χ0) is 17.4. The Morgan fingerprint density at radius 3 is 2.58 bits per heavy atom. The highest BCUT2D eigenvalue weighted by Gasteiger charge is 2.32. The van der Waals surface area contributed by atoms with E-state index < -0.39 is 0 Å². The van der Waals surface area contributed by atoms with Gasteiger partial charge in [-0.05, 0) is 31.4 Å². The van der Waals surface area contributed by atoms with Gasteiger partial charge in [-0.2, -0.15) is 0 Å². The first-order valence-electron chi connectivity index (χ1n) is 8.47. The van der Waals surface area contributed by atoms with Crippen molar-refractivity contribution in [3.05, 3.63) is 24.3 Å². The third-order valence-electron chi connectivity index (χ3n) is 3.88. The lowest BCUT2D eigenvalue weighted by atomic mass is 10.3. The van der Waals surface area contributed by atoms with Crippen LogP contribution in [0.25, 0.3) is 0 Å². The van der Waals surface area contributed by atoms with Crippen molar-refractivity contribution in [1.82, 2.24) is 10.2 Å². The predicted molar refractivity (Wildman–Crippen MR) is 91.1 cm³/mol. The molecule has 0 atom stereocenters. The maximum absolute atomic E-state index is 12.5. The minimum atomic E-state index is -0.0910. The molecular formula is C18H26N2O4. The molecule has 0 saturated heterocycles. The topological polar surface area (TPSA) is 67.9 Å². The Kier molecular flexibility index (Phi) is 6.90. The number of para-hydroxylation sites is 2. The number of carbonyl (C=O) groups is 2. The first kappa shape index (κ1) is 18.1. The van der Waals surface area contributed by atoms with E-state index in [1.807, 2.05) is 19.1 Å². The van der Waals surface area contributed by atoms with Gasteiger partial charge in [0.05, 0.1) is 7.11 Å². The Balaban J connectivity index is 1.84. The summed E-state index contributed by atoms with van der Waals surface area (Å²) >= 11 is 0. The van der Waals surface area contributed by atoms with E-state index in [1.165, 1.54) is 0 Å². The number of hydrogen-bond acceptors (Lipinski definition) is 4. The van der Waals surface area contributed by atoms with Crippen LogP contribution in [0.15, 0.2) is 24.3 Å². The molecule has 1 aliphatic carbocycles. The lowest BCUT2D eigenvalue weighted by molar-refractivity contribution is -0.134. The van der Waals surface area contributed by atoms with Gasteiger partial charge in [-0.25, -0.2) is 0 Å². The maximum atomic E-state index is 12.5. The molecule has 1 saturated carbocycles. The summed E-state index contributed by atoms with van der Waals surface area (Å²) in [5.74, 6) is 1.04. The van der Waals surface area contributed by atoms with E-state index in [1.54, 1.807) is 24.1 Å². The highest BCUT2D eigenvalue weighted by atomic mass is 16.5. The average Bonchev–Trinajstić information content (AvgIpc) is 3.43. The molecule has 1 aliphatic rings. The summed E-state index contributed by atoms with van der Waals surface area (Å²) in [5, 5.41) is 2.83. The maximum Gasteiger partial charge on any atom is 0.260 e. The number of hydrogen-bond donors (Lipinski definition) is 1. The molecule has 0 aromatic heterocycles. The summed E-state index contributed by atoms with van der Waals surface area (Å²) in [6.45, 7) is 3.07. The molecule has 0 heterocycles. The Morgan fingerprint density at radius 2 is 1.96 bits per heavy atom. The van der Waals surface area contributed by atoms with Crippen molar-refractivity contribution in [3.8, 4) is 11.5 Å². The van der Waals surface area contributed by atoms with E-state index in [0.29, 0.717) is 31.0 Å². The molecule has 1 fully saturated rings. The molecule has 24 heavy (non-hydrogen) atoms. The fraction of sp³-hybridized carbons (Fsp3) is 0.556. The van der Waals surface area contributed by atoms with E-state index in [2.05, 4.69) is 5.32 Å². The van der Waals surface area contributed by atoms with Crippen LogP contribution in [0, 0.1) is 0 Å². The van der Waals surface area contributed by atoms with Gasteiger partial charge in [-0.1, -0.05) is 19.1 Å². The highest BCUT2D eigenvalue weighted by molar-refractivity contribution is 5.80. The normalized spacial score (nSPS) is 13.2. The van der Waals surface area contributed by atoms with E-state index in [4.69, 9.17) is 9.47 Å². The number of methoxy groups -OCH3 is 1. The fourth-order valence-corrected chi connectivity index (χ4v) is 2.43. The summed E-state index contributed by atoms with van der Waals surface area (Å²) in [6, 6.07) is 7.48. The SMILES string of the molecule is CCCNC(=O)CCN(C(=O)COc1ccccc1OC)C1CC1. The van der Waals surface area contributed by atoms with Gasteiger partial charge in [0.25, 0.3) is 5.91 Å². The first-order chi connectivity index (χ1) is 11.7. The second-order valence-corrected chi connectivity index (χ2v) is 5.86. The average molecular weight is 334 g/mol. The van der Waals surface area contributed by atoms with Crippen LogP contribution >= 0.6 is 0 Å². The van der Waals surface area contributed by atoms with Crippen molar-refractivity contribution >= 4 is 11.8 Å². The van der Waals surface area contributed by atoms with Gasteiger partial charge in [0.1, 0.15) is 0 Å². The number of nitrogens with zero attached hydrogens (tertiary/aromatic N) is 1. The number of benzene rings is 1. The molecule has 2 rings (SSSR count). The third-order valence-corrected chi connectivity index (χ3v) is 3.88. The molecule has 0 unspecified atom stereocenters. The zero-order valence-electron chi connectivity index (χ0n) is 14.4. The fourth-order valence-electron chi connectivity index (χ4n) is 2.43. The molecule has 2 amide bonds. The van der Waals surface area contributed by atoms with Crippen LogP contribution in [-0.2, 0) is 9.59 Å². The standard InChI is InChI=1S/C18H26N2O4/c1-3-11-19-17(21)10-12-20(14-8-9-14)18(22)13-24-16-7-5-4-6-15(16)23-2/h4-7,14H,3,8-13H2,1-2H3,(H,19,21). The molecule has 6 heteroatoms. The van der Waals surface area contributed by atoms with E-state index in [-0.39, 0.29) is 24.5 Å². The molecule has 0 radical (unpaired) electrons. The van der Waals surface area contributed by atoms with Crippen LogP contribution in [0.1, 0.15) is 32.6 Å². The minimum absolute atomic E-state index is 0.0130. The number of ether oxygens (including phenoxy) is 2. The van der Waals surface area contributed by atoms with Gasteiger partial charge in [0.15, 0.2) is 18.1 Å². The largest absolute Gasteiger partial charge is 0.493 e. The van der Waals surface area contributed by atoms with Crippen molar-refractivity contribution in [2.45, 2.75) is 38.6 Å². The lowest BCUT2D eigenvalue weighted by Gasteiger charge is -2.22.